The number of hydrogen-bond acceptors (Lipinski definition) is 4. The van der Waals surface area contributed by atoms with E-state index in [0.717, 1.165) is 5.56 Å². The van der Waals surface area contributed by atoms with Crippen molar-refractivity contribution in [2.75, 3.05) is 19.4 Å². The zero-order valence-electron chi connectivity index (χ0n) is 10.6. The number of hydrogen-bond donors (Lipinski definition) is 2. The third-order valence-corrected chi connectivity index (χ3v) is 2.93. The minimum Gasteiger partial charge on any atom is -0.373 e. The number of nitrogens with zero attached hydrogens (tertiary/aromatic N) is 3. The highest BCUT2D eigenvalue weighted by Gasteiger charge is 2.18. The number of carbonyl (C=O) groups is 1. The quantitative estimate of drug-likeness (QED) is 0.894. The van der Waals surface area contributed by atoms with Gasteiger partial charge in [0.15, 0.2) is 0 Å². The molecule has 100 valence electrons. The van der Waals surface area contributed by atoms with Crippen molar-refractivity contribution in [1.82, 2.24) is 20.1 Å². The number of amides is 1. The standard InChI is InChI=1S/C12H14ClN5O/c1-14-10-4-3-9(13)11(17-10)12(19)18(2)7-8-5-15-16-6-8/h3-6H,7H2,1-2H3,(H,14,17)(H,15,16). The summed E-state index contributed by atoms with van der Waals surface area (Å²) in [7, 11) is 3.43. The summed E-state index contributed by atoms with van der Waals surface area (Å²) in [4.78, 5) is 18.0. The molecule has 0 saturated heterocycles. The lowest BCUT2D eigenvalue weighted by Gasteiger charge is -2.16. The van der Waals surface area contributed by atoms with Crippen LogP contribution in [0.25, 0.3) is 0 Å². The largest absolute Gasteiger partial charge is 0.373 e. The number of aromatic amines is 1. The van der Waals surface area contributed by atoms with Crippen molar-refractivity contribution >= 4 is 23.3 Å². The van der Waals surface area contributed by atoms with E-state index in [-0.39, 0.29) is 11.6 Å². The number of carbonyl (C=O) groups excluding carboxylic acids is 1. The van der Waals surface area contributed by atoms with Crippen LogP contribution in [0.2, 0.25) is 5.02 Å². The molecule has 1 amide bonds. The van der Waals surface area contributed by atoms with E-state index >= 15 is 0 Å². The van der Waals surface area contributed by atoms with Crippen LogP contribution >= 0.6 is 11.6 Å². The molecular formula is C12H14ClN5O. The maximum absolute atomic E-state index is 12.3. The fourth-order valence-corrected chi connectivity index (χ4v) is 1.81. The molecule has 0 aliphatic heterocycles. The monoisotopic (exact) mass is 279 g/mol. The van der Waals surface area contributed by atoms with Gasteiger partial charge in [-0.3, -0.25) is 9.89 Å². The van der Waals surface area contributed by atoms with E-state index in [4.69, 9.17) is 11.6 Å². The highest BCUT2D eigenvalue weighted by molar-refractivity contribution is 6.33. The van der Waals surface area contributed by atoms with Crippen LogP contribution < -0.4 is 5.32 Å². The van der Waals surface area contributed by atoms with Crippen LogP contribution in [0.5, 0.6) is 0 Å². The van der Waals surface area contributed by atoms with Gasteiger partial charge in [0, 0.05) is 32.4 Å². The Kier molecular flexibility index (Phi) is 4.01. The SMILES string of the molecule is CNc1ccc(Cl)c(C(=O)N(C)Cc2cn[nH]c2)n1. The molecule has 0 aliphatic rings. The molecule has 0 unspecified atom stereocenters. The highest BCUT2D eigenvalue weighted by atomic mass is 35.5. The molecule has 0 aliphatic carbocycles. The van der Waals surface area contributed by atoms with Gasteiger partial charge < -0.3 is 10.2 Å². The summed E-state index contributed by atoms with van der Waals surface area (Å²) in [5.41, 5.74) is 1.15. The van der Waals surface area contributed by atoms with E-state index in [9.17, 15) is 4.79 Å². The highest BCUT2D eigenvalue weighted by Crippen LogP contribution is 2.18. The van der Waals surface area contributed by atoms with Gasteiger partial charge in [-0.05, 0) is 12.1 Å². The van der Waals surface area contributed by atoms with Crippen molar-refractivity contribution in [3.05, 3.63) is 40.8 Å². The summed E-state index contributed by atoms with van der Waals surface area (Å²) in [5.74, 6) is 0.368. The van der Waals surface area contributed by atoms with E-state index in [1.54, 1.807) is 43.5 Å². The molecule has 0 atom stereocenters. The Morgan fingerprint density at radius 2 is 2.32 bits per heavy atom. The van der Waals surface area contributed by atoms with Crippen molar-refractivity contribution in [2.24, 2.45) is 0 Å². The number of aromatic nitrogens is 3. The van der Waals surface area contributed by atoms with Crippen LogP contribution in [0.3, 0.4) is 0 Å². The first-order valence-corrected chi connectivity index (χ1v) is 6.07. The first-order valence-electron chi connectivity index (χ1n) is 5.69. The number of H-pyrrole nitrogens is 1. The Morgan fingerprint density at radius 3 is 2.95 bits per heavy atom. The van der Waals surface area contributed by atoms with Gasteiger partial charge in [0.1, 0.15) is 11.5 Å². The first-order chi connectivity index (χ1) is 9.11. The van der Waals surface area contributed by atoms with Gasteiger partial charge in [-0.25, -0.2) is 4.98 Å². The fraction of sp³-hybridized carbons (Fsp3) is 0.250. The van der Waals surface area contributed by atoms with Gasteiger partial charge in [0.2, 0.25) is 0 Å². The molecule has 2 N–H and O–H groups in total. The maximum atomic E-state index is 12.3. The number of halogens is 1. The summed E-state index contributed by atoms with van der Waals surface area (Å²) in [6.45, 7) is 0.442. The van der Waals surface area contributed by atoms with Crippen molar-refractivity contribution in [1.29, 1.82) is 0 Å². The molecule has 0 saturated carbocycles. The Hall–Kier alpha value is -2.08. The molecule has 2 heterocycles. The Morgan fingerprint density at radius 1 is 1.53 bits per heavy atom. The zero-order chi connectivity index (χ0) is 13.8. The molecule has 0 aromatic carbocycles. The number of anilines is 1. The summed E-state index contributed by atoms with van der Waals surface area (Å²) >= 11 is 6.02. The van der Waals surface area contributed by atoms with Crippen molar-refractivity contribution < 1.29 is 4.79 Å². The van der Waals surface area contributed by atoms with Crippen molar-refractivity contribution in [3.8, 4) is 0 Å². The van der Waals surface area contributed by atoms with Gasteiger partial charge in [-0.15, -0.1) is 0 Å². The molecule has 7 heteroatoms. The minimum absolute atomic E-state index is 0.233. The second kappa shape index (κ2) is 5.71. The van der Waals surface area contributed by atoms with Gasteiger partial charge >= 0.3 is 0 Å². The summed E-state index contributed by atoms with van der Waals surface area (Å²) < 4.78 is 0. The maximum Gasteiger partial charge on any atom is 0.274 e. The minimum atomic E-state index is -0.233. The summed E-state index contributed by atoms with van der Waals surface area (Å²) in [5, 5.41) is 9.76. The molecule has 2 aromatic rings. The molecule has 6 nitrogen and oxygen atoms in total. The average Bonchev–Trinajstić information content (AvgIpc) is 2.91. The Labute approximate surface area is 115 Å². The zero-order valence-corrected chi connectivity index (χ0v) is 11.4. The molecule has 0 radical (unpaired) electrons. The van der Waals surface area contributed by atoms with Crippen molar-refractivity contribution in [3.63, 3.8) is 0 Å². The van der Waals surface area contributed by atoms with Crippen LogP contribution in [-0.4, -0.2) is 40.1 Å². The second-order valence-corrected chi connectivity index (χ2v) is 4.45. The fourth-order valence-electron chi connectivity index (χ4n) is 1.62. The predicted octanol–water partition coefficient (Wildman–Crippen LogP) is 1.77. The molecule has 19 heavy (non-hydrogen) atoms. The predicted molar refractivity (Wildman–Crippen MR) is 73.2 cm³/mol. The lowest BCUT2D eigenvalue weighted by atomic mass is 10.3. The van der Waals surface area contributed by atoms with Crippen LogP contribution in [0.4, 0.5) is 5.82 Å². The van der Waals surface area contributed by atoms with E-state index in [1.807, 2.05) is 0 Å². The molecule has 2 aromatic heterocycles. The average molecular weight is 280 g/mol. The lowest BCUT2D eigenvalue weighted by molar-refractivity contribution is 0.0779. The van der Waals surface area contributed by atoms with E-state index in [1.165, 1.54) is 0 Å². The van der Waals surface area contributed by atoms with Gasteiger partial charge in [-0.1, -0.05) is 11.6 Å². The third kappa shape index (κ3) is 3.03. The van der Waals surface area contributed by atoms with E-state index in [2.05, 4.69) is 20.5 Å². The van der Waals surface area contributed by atoms with Gasteiger partial charge in [0.05, 0.1) is 11.2 Å². The van der Waals surface area contributed by atoms with Crippen LogP contribution in [0.15, 0.2) is 24.5 Å². The summed E-state index contributed by atoms with van der Waals surface area (Å²) in [6, 6.07) is 3.37. The topological polar surface area (TPSA) is 73.9 Å². The molecule has 2 rings (SSSR count). The van der Waals surface area contributed by atoms with Crippen LogP contribution in [0, 0.1) is 0 Å². The molecule has 0 bridgehead atoms. The van der Waals surface area contributed by atoms with Gasteiger partial charge in [-0.2, -0.15) is 5.10 Å². The summed E-state index contributed by atoms with van der Waals surface area (Å²) in [6.07, 6.45) is 3.41. The van der Waals surface area contributed by atoms with E-state index in [0.29, 0.717) is 17.4 Å². The third-order valence-electron chi connectivity index (χ3n) is 2.63. The lowest BCUT2D eigenvalue weighted by Crippen LogP contribution is -2.27. The van der Waals surface area contributed by atoms with Gasteiger partial charge in [0.25, 0.3) is 5.91 Å². The number of rotatable bonds is 4. The Bertz CT molecular complexity index is 570. The smallest absolute Gasteiger partial charge is 0.274 e. The first kappa shape index (κ1) is 13.4. The normalized spacial score (nSPS) is 10.3. The van der Waals surface area contributed by atoms with E-state index < -0.39 is 0 Å². The van der Waals surface area contributed by atoms with Crippen LogP contribution in [0.1, 0.15) is 16.1 Å². The molecule has 0 spiro atoms. The number of nitrogens with one attached hydrogen (secondary N) is 2. The Balaban J connectivity index is 2.18. The van der Waals surface area contributed by atoms with Crippen molar-refractivity contribution in [2.45, 2.75) is 6.54 Å². The molecular weight excluding hydrogens is 266 g/mol. The number of pyridine rings is 1. The molecule has 0 fully saturated rings. The second-order valence-electron chi connectivity index (χ2n) is 4.04. The van der Waals surface area contributed by atoms with Crippen LogP contribution in [-0.2, 0) is 6.54 Å².